The van der Waals surface area contributed by atoms with E-state index in [2.05, 4.69) is 0 Å². The molecule has 0 N–H and O–H groups in total. The van der Waals surface area contributed by atoms with Crippen LogP contribution in [0.5, 0.6) is 11.5 Å². The Morgan fingerprint density at radius 1 is 0.731 bits per heavy atom. The average molecular weight is 352 g/mol. The number of rotatable bonds is 4. The Bertz CT molecular complexity index is 715. The molecule has 5 rings (SSSR count). The fraction of sp³-hybridized carbons (Fsp3) is 0.455. The van der Waals surface area contributed by atoms with E-state index in [-0.39, 0.29) is 12.2 Å². The maximum Gasteiger partial charge on any atom is 0.223 e. The van der Waals surface area contributed by atoms with Gasteiger partial charge in [0.05, 0.1) is 26.4 Å². The largest absolute Gasteiger partial charge is 0.497 e. The van der Waals surface area contributed by atoms with E-state index in [4.69, 9.17) is 18.9 Å². The van der Waals surface area contributed by atoms with Crippen molar-refractivity contribution in [2.75, 3.05) is 14.2 Å². The Morgan fingerprint density at radius 2 is 1.15 bits per heavy atom. The highest BCUT2D eigenvalue weighted by Gasteiger charge is 2.60. The molecule has 2 aromatic rings. The fourth-order valence-corrected chi connectivity index (χ4v) is 4.98. The van der Waals surface area contributed by atoms with Crippen molar-refractivity contribution in [3.05, 3.63) is 59.7 Å². The molecule has 2 bridgehead atoms. The predicted octanol–water partition coefficient (Wildman–Crippen LogP) is 4.12. The molecule has 0 amide bonds. The van der Waals surface area contributed by atoms with Gasteiger partial charge in [-0.2, -0.15) is 0 Å². The normalized spacial score (nSPS) is 31.0. The molecule has 4 nitrogen and oxygen atoms in total. The van der Waals surface area contributed by atoms with Crippen LogP contribution < -0.4 is 9.47 Å². The maximum atomic E-state index is 6.72. The van der Waals surface area contributed by atoms with Gasteiger partial charge < -0.3 is 18.9 Å². The summed E-state index contributed by atoms with van der Waals surface area (Å²) in [6.07, 6.45) is 4.15. The summed E-state index contributed by atoms with van der Waals surface area (Å²) < 4.78 is 24.1. The van der Waals surface area contributed by atoms with Crippen molar-refractivity contribution in [3.8, 4) is 11.5 Å². The van der Waals surface area contributed by atoms with E-state index in [1.165, 1.54) is 19.3 Å². The summed E-state index contributed by atoms with van der Waals surface area (Å²) in [5.74, 6) is 2.07. The topological polar surface area (TPSA) is 36.9 Å². The molecule has 4 heteroatoms. The van der Waals surface area contributed by atoms with Crippen molar-refractivity contribution in [3.63, 3.8) is 0 Å². The van der Waals surface area contributed by atoms with Crippen LogP contribution >= 0.6 is 0 Å². The number of ether oxygens (including phenoxy) is 4. The third-order valence-corrected chi connectivity index (χ3v) is 6.31. The molecule has 4 unspecified atom stereocenters. The molecule has 1 saturated heterocycles. The van der Waals surface area contributed by atoms with Crippen molar-refractivity contribution in [1.29, 1.82) is 0 Å². The van der Waals surface area contributed by atoms with E-state index in [0.717, 1.165) is 22.6 Å². The molecule has 2 aromatic carbocycles. The molecule has 0 radical (unpaired) electrons. The lowest BCUT2D eigenvalue weighted by Gasteiger charge is -2.31. The van der Waals surface area contributed by atoms with Crippen LogP contribution in [0.4, 0.5) is 0 Å². The Morgan fingerprint density at radius 3 is 1.54 bits per heavy atom. The lowest BCUT2D eigenvalue weighted by Crippen LogP contribution is -2.31. The highest BCUT2D eigenvalue weighted by atomic mass is 16.8. The zero-order chi connectivity index (χ0) is 17.7. The number of methoxy groups -OCH3 is 2. The minimum atomic E-state index is -0.852. The van der Waals surface area contributed by atoms with Gasteiger partial charge in [0.15, 0.2) is 0 Å². The van der Waals surface area contributed by atoms with Gasteiger partial charge in [-0.1, -0.05) is 0 Å². The second-order valence-electron chi connectivity index (χ2n) is 7.57. The fourth-order valence-electron chi connectivity index (χ4n) is 4.98. The molecule has 3 fully saturated rings. The van der Waals surface area contributed by atoms with Gasteiger partial charge in [0.2, 0.25) is 5.79 Å². The molecule has 1 aliphatic heterocycles. The second-order valence-corrected chi connectivity index (χ2v) is 7.57. The molecule has 4 atom stereocenters. The van der Waals surface area contributed by atoms with E-state index in [9.17, 15) is 0 Å². The molecule has 136 valence electrons. The molecular formula is C22H24O4. The summed E-state index contributed by atoms with van der Waals surface area (Å²) in [6.45, 7) is 0. The Labute approximate surface area is 154 Å². The van der Waals surface area contributed by atoms with Crippen molar-refractivity contribution in [2.45, 2.75) is 37.3 Å². The summed E-state index contributed by atoms with van der Waals surface area (Å²) in [5, 5.41) is 0. The summed E-state index contributed by atoms with van der Waals surface area (Å²) in [5.41, 5.74) is 2.02. The monoisotopic (exact) mass is 352 g/mol. The molecule has 1 heterocycles. The zero-order valence-corrected chi connectivity index (χ0v) is 15.2. The smallest absolute Gasteiger partial charge is 0.223 e. The van der Waals surface area contributed by atoms with Crippen molar-refractivity contribution in [1.82, 2.24) is 0 Å². The predicted molar refractivity (Wildman–Crippen MR) is 97.3 cm³/mol. The molecular weight excluding hydrogens is 328 g/mol. The van der Waals surface area contributed by atoms with Crippen LogP contribution in [0.2, 0.25) is 0 Å². The first-order valence-corrected chi connectivity index (χ1v) is 9.38. The summed E-state index contributed by atoms with van der Waals surface area (Å²) in [7, 11) is 3.36. The van der Waals surface area contributed by atoms with Gasteiger partial charge in [-0.3, -0.25) is 0 Å². The number of hydrogen-bond donors (Lipinski definition) is 0. The van der Waals surface area contributed by atoms with Crippen molar-refractivity contribution in [2.24, 2.45) is 11.8 Å². The van der Waals surface area contributed by atoms with Gasteiger partial charge in [0.1, 0.15) is 11.5 Å². The van der Waals surface area contributed by atoms with Gasteiger partial charge in [-0.05, 0) is 79.6 Å². The Balaban J connectivity index is 1.58. The zero-order valence-electron chi connectivity index (χ0n) is 15.2. The van der Waals surface area contributed by atoms with Crippen LogP contribution in [0, 0.1) is 11.8 Å². The van der Waals surface area contributed by atoms with Gasteiger partial charge >= 0.3 is 0 Å². The molecule has 0 aromatic heterocycles. The van der Waals surface area contributed by atoms with Gasteiger partial charge in [0.25, 0.3) is 0 Å². The summed E-state index contributed by atoms with van der Waals surface area (Å²) >= 11 is 0. The first-order chi connectivity index (χ1) is 12.7. The molecule has 2 saturated carbocycles. The lowest BCUT2D eigenvalue weighted by atomic mass is 9.95. The number of fused-ring (bicyclic) bond motifs is 5. The number of benzene rings is 2. The first-order valence-electron chi connectivity index (χ1n) is 9.38. The van der Waals surface area contributed by atoms with Gasteiger partial charge in [-0.15, -0.1) is 0 Å². The number of hydrogen-bond acceptors (Lipinski definition) is 4. The summed E-state index contributed by atoms with van der Waals surface area (Å²) in [4.78, 5) is 0. The van der Waals surface area contributed by atoms with Crippen LogP contribution in [0.1, 0.15) is 30.4 Å². The Hall–Kier alpha value is -2.04. The van der Waals surface area contributed by atoms with Gasteiger partial charge in [0, 0.05) is 11.1 Å². The molecule has 3 aliphatic rings. The minimum Gasteiger partial charge on any atom is -0.497 e. The van der Waals surface area contributed by atoms with E-state index in [0.29, 0.717) is 11.8 Å². The molecule has 26 heavy (non-hydrogen) atoms. The average Bonchev–Trinajstić information content (AvgIpc) is 3.40. The van der Waals surface area contributed by atoms with Crippen molar-refractivity contribution < 1.29 is 18.9 Å². The van der Waals surface area contributed by atoms with Crippen LogP contribution in [0.25, 0.3) is 0 Å². The standard InChI is InChI=1S/C22H24O4/c1-23-18-9-5-16(6-10-18)22(17-7-11-19(24-2)12-8-17)25-20-14-3-4-15(13-14)21(20)26-22/h5-12,14-15,20-21H,3-4,13H2,1-2H3. The van der Waals surface area contributed by atoms with Crippen LogP contribution in [0.3, 0.4) is 0 Å². The Kier molecular flexibility index (Phi) is 3.73. The minimum absolute atomic E-state index is 0.193. The van der Waals surface area contributed by atoms with Crippen LogP contribution in [-0.4, -0.2) is 26.4 Å². The van der Waals surface area contributed by atoms with E-state index in [1.54, 1.807) is 14.2 Å². The quantitative estimate of drug-likeness (QED) is 0.829. The lowest BCUT2D eigenvalue weighted by molar-refractivity contribution is -0.161. The van der Waals surface area contributed by atoms with E-state index < -0.39 is 5.79 Å². The molecule has 0 spiro atoms. The van der Waals surface area contributed by atoms with Gasteiger partial charge in [-0.25, -0.2) is 0 Å². The van der Waals surface area contributed by atoms with Crippen molar-refractivity contribution >= 4 is 0 Å². The van der Waals surface area contributed by atoms with Crippen LogP contribution in [-0.2, 0) is 15.3 Å². The first kappa shape index (κ1) is 16.2. The van der Waals surface area contributed by atoms with E-state index >= 15 is 0 Å². The second kappa shape index (κ2) is 6.00. The SMILES string of the molecule is COc1ccc(C2(c3ccc(OC)cc3)OC3C4CCC(C4)C3O2)cc1. The highest BCUT2D eigenvalue weighted by Crippen LogP contribution is 2.57. The van der Waals surface area contributed by atoms with Crippen LogP contribution in [0.15, 0.2) is 48.5 Å². The highest BCUT2D eigenvalue weighted by molar-refractivity contribution is 5.40. The maximum absolute atomic E-state index is 6.72. The molecule has 2 aliphatic carbocycles. The third kappa shape index (κ3) is 2.29. The third-order valence-electron chi connectivity index (χ3n) is 6.31. The summed E-state index contributed by atoms with van der Waals surface area (Å²) in [6, 6.07) is 16.1. The van der Waals surface area contributed by atoms with E-state index in [1.807, 2.05) is 48.5 Å².